The Kier molecular flexibility index (Phi) is 23.5. The number of nitrogens with zero attached hydrogens (tertiary/aromatic N) is 1. The van der Waals surface area contributed by atoms with Gasteiger partial charge < -0.3 is 52.4 Å². The molecule has 0 fully saturated rings. The van der Waals surface area contributed by atoms with Crippen molar-refractivity contribution in [3.8, 4) is 5.75 Å². The first-order valence-corrected chi connectivity index (χ1v) is 12.6. The minimum absolute atomic E-state index is 0. The molecule has 0 heterocycles. The zero-order valence-corrected chi connectivity index (χ0v) is 29.5. The van der Waals surface area contributed by atoms with Gasteiger partial charge in [-0.1, -0.05) is 26.0 Å². The van der Waals surface area contributed by atoms with E-state index in [0.29, 0.717) is 31.1 Å². The number of esters is 1. The summed E-state index contributed by atoms with van der Waals surface area (Å²) in [5, 5.41) is 11.3. The maximum Gasteiger partial charge on any atom is 2.00 e. The number of methoxy groups -OCH3 is 1. The van der Waals surface area contributed by atoms with Gasteiger partial charge >= 0.3 is 39.6 Å². The Balaban J connectivity index is 0. The van der Waals surface area contributed by atoms with Gasteiger partial charge in [-0.25, -0.2) is 9.59 Å². The number of ether oxygens (including phenoxy) is 4. The van der Waals surface area contributed by atoms with Crippen LogP contribution in [0.15, 0.2) is 48.5 Å². The molecule has 0 spiro atoms. The van der Waals surface area contributed by atoms with E-state index in [1.807, 2.05) is 0 Å². The number of hydrogen-bond donors (Lipinski definition) is 3. The van der Waals surface area contributed by atoms with Crippen LogP contribution in [0.5, 0.6) is 5.75 Å². The fourth-order valence-electron chi connectivity index (χ4n) is 3.09. The molecule has 1 atom stereocenters. The van der Waals surface area contributed by atoms with Crippen LogP contribution in [0.25, 0.3) is 0 Å². The second-order valence-electron chi connectivity index (χ2n) is 8.16. The van der Waals surface area contributed by atoms with E-state index in [4.69, 9.17) is 29.8 Å². The van der Waals surface area contributed by atoms with Gasteiger partial charge in [-0.3, -0.25) is 4.79 Å². The molecule has 2 rings (SSSR count). The van der Waals surface area contributed by atoms with E-state index in [2.05, 4.69) is 31.0 Å². The number of nitrogen functional groups attached to an aromatic ring is 1. The number of anilines is 1. The molecule has 13 heteroatoms. The molecule has 2 aromatic rings. The quantitative estimate of drug-likeness (QED) is 0.0752. The summed E-state index contributed by atoms with van der Waals surface area (Å²) in [5.74, 6) is -1.58. The van der Waals surface area contributed by atoms with Crippen LogP contribution in [-0.2, 0) is 46.7 Å². The molecular weight excluding hydrogens is 723 g/mol. The number of carboxylic acid groups (broad SMARTS) is 1. The molecular formula is C28H41HgN3O9. The number of carbonyl (C=O) groups is 3. The van der Waals surface area contributed by atoms with Gasteiger partial charge in [0.15, 0.2) is 6.61 Å². The van der Waals surface area contributed by atoms with Crippen molar-refractivity contribution >= 4 is 23.5 Å². The van der Waals surface area contributed by atoms with Gasteiger partial charge in [0.25, 0.3) is 5.91 Å². The third kappa shape index (κ3) is 17.6. The van der Waals surface area contributed by atoms with E-state index in [1.54, 1.807) is 49.6 Å². The number of hydrogen-bond acceptors (Lipinski definition) is 10. The van der Waals surface area contributed by atoms with Gasteiger partial charge in [0.1, 0.15) is 12.4 Å². The van der Waals surface area contributed by atoms with E-state index in [0.717, 1.165) is 19.6 Å². The minimum atomic E-state index is -1.11. The number of nitrogens with one attached hydrogen (secondary N) is 1. The van der Waals surface area contributed by atoms with Crippen molar-refractivity contribution in [1.29, 1.82) is 0 Å². The summed E-state index contributed by atoms with van der Waals surface area (Å²) in [4.78, 5) is 36.5. The zero-order valence-electron chi connectivity index (χ0n) is 24.0. The number of carboxylic acids is 1. The maximum absolute atomic E-state index is 12.1. The monoisotopic (exact) mass is 765 g/mol. The second-order valence-corrected chi connectivity index (χ2v) is 8.16. The van der Waals surface area contributed by atoms with Crippen molar-refractivity contribution in [2.24, 2.45) is 0 Å². The Morgan fingerprint density at radius 1 is 1.02 bits per heavy atom. The summed E-state index contributed by atoms with van der Waals surface area (Å²) in [5.41, 5.74) is 6.98. The summed E-state index contributed by atoms with van der Waals surface area (Å²) in [7, 11) is 1.57. The number of para-hydroxylation sites is 1. The number of aliphatic carboxylic acids is 1. The van der Waals surface area contributed by atoms with Crippen LogP contribution < -0.4 is 15.8 Å². The van der Waals surface area contributed by atoms with Gasteiger partial charge in [0, 0.05) is 25.9 Å². The van der Waals surface area contributed by atoms with Crippen molar-refractivity contribution in [3.05, 3.63) is 66.6 Å². The summed E-state index contributed by atoms with van der Waals surface area (Å²) >= 11 is 0. The Morgan fingerprint density at radius 3 is 2.24 bits per heavy atom. The topological polar surface area (TPSA) is 180 Å². The minimum Gasteiger partial charge on any atom is -0.870 e. The zero-order chi connectivity index (χ0) is 29.0. The Morgan fingerprint density at radius 2 is 1.66 bits per heavy atom. The summed E-state index contributed by atoms with van der Waals surface area (Å²) < 4.78 is 20.4. The number of likely N-dealkylation sites (N-methyl/N-ethyl adjacent to an activating group) is 1. The van der Waals surface area contributed by atoms with Crippen LogP contribution in [0.1, 0.15) is 34.6 Å². The molecule has 2 aromatic carbocycles. The normalized spacial score (nSPS) is 10.7. The average molecular weight is 764 g/mol. The van der Waals surface area contributed by atoms with Gasteiger partial charge in [-0.2, -0.15) is 0 Å². The summed E-state index contributed by atoms with van der Waals surface area (Å²) in [6.45, 7) is 11.6. The van der Waals surface area contributed by atoms with Gasteiger partial charge in [0.2, 0.25) is 0 Å². The van der Waals surface area contributed by atoms with Crippen LogP contribution in [-0.4, -0.2) is 99.1 Å². The van der Waals surface area contributed by atoms with Crippen LogP contribution in [0, 0.1) is 6.92 Å². The molecule has 1 amide bonds. The van der Waals surface area contributed by atoms with E-state index in [9.17, 15) is 14.4 Å². The molecule has 0 radical (unpaired) electrons. The SMILES string of the molecule is CCN(CC)CCOC(=O)c1ccc(N)cc1.[CH2-]C(CNC(=O)c1ccccc1OCC(=O)O)OCCOC.[Hg+2].[OH-]. The van der Waals surface area contributed by atoms with Crippen molar-refractivity contribution in [3.63, 3.8) is 0 Å². The fourth-order valence-corrected chi connectivity index (χ4v) is 3.09. The average Bonchev–Trinajstić information content (AvgIpc) is 2.94. The maximum atomic E-state index is 12.1. The van der Waals surface area contributed by atoms with E-state index >= 15 is 0 Å². The molecule has 0 saturated carbocycles. The van der Waals surface area contributed by atoms with Crippen molar-refractivity contribution in [1.82, 2.24) is 10.2 Å². The Bertz CT molecular complexity index is 1010. The number of amides is 1. The summed E-state index contributed by atoms with van der Waals surface area (Å²) in [6.07, 6.45) is -0.411. The second kappa shape index (κ2) is 23.9. The summed E-state index contributed by atoms with van der Waals surface area (Å²) in [6, 6.07) is 13.2. The van der Waals surface area contributed by atoms with Crippen molar-refractivity contribution < 1.29 is 71.6 Å². The largest absolute Gasteiger partial charge is 2.00 e. The first-order chi connectivity index (χ1) is 18.7. The molecule has 0 aromatic heterocycles. The van der Waals surface area contributed by atoms with E-state index in [1.165, 1.54) is 6.07 Å². The molecule has 0 aliphatic rings. The van der Waals surface area contributed by atoms with Crippen LogP contribution >= 0.6 is 0 Å². The molecule has 12 nitrogen and oxygen atoms in total. The van der Waals surface area contributed by atoms with E-state index in [-0.39, 0.29) is 62.9 Å². The van der Waals surface area contributed by atoms with E-state index < -0.39 is 18.7 Å². The number of carbonyl (C=O) groups excluding carboxylic acids is 2. The predicted molar refractivity (Wildman–Crippen MR) is 150 cm³/mol. The molecule has 41 heavy (non-hydrogen) atoms. The van der Waals surface area contributed by atoms with Gasteiger partial charge in [-0.05, 0) is 55.6 Å². The number of benzene rings is 2. The molecule has 0 bridgehead atoms. The van der Waals surface area contributed by atoms with Crippen LogP contribution in [0.4, 0.5) is 5.69 Å². The molecule has 0 aliphatic heterocycles. The third-order valence-electron chi connectivity index (χ3n) is 5.30. The van der Waals surface area contributed by atoms with Gasteiger partial charge in [0.05, 0.1) is 24.3 Å². The van der Waals surface area contributed by atoms with Gasteiger partial charge in [-0.15, -0.1) is 0 Å². The first kappa shape index (κ1) is 40.4. The number of rotatable bonds is 16. The Hall–Kier alpha value is -2.77. The van der Waals surface area contributed by atoms with Crippen molar-refractivity contribution in [2.75, 3.05) is 65.5 Å². The predicted octanol–water partition coefficient (Wildman–Crippen LogP) is 2.33. The standard InChI is InChI=1S/C15H20NO6.C13H20N2O2.Hg.H2O/c1-11(21-8-7-20-2)9-16-15(19)12-5-3-4-6-13(12)22-10-14(17)18;1-3-15(4-2)9-10-17-13(16)11-5-7-12(14)8-6-11;;/h3-6,11H,1,7-10H2,2H3,(H,16,19)(H,17,18);5-8H,3-4,9-10,14H2,1-2H3;;1H2/q-1;;+2;/p-1. The molecule has 224 valence electrons. The molecule has 0 aliphatic carbocycles. The smallest absolute Gasteiger partial charge is 0.870 e. The molecule has 1 unspecified atom stereocenters. The number of nitrogens with two attached hydrogens (primary N) is 1. The van der Waals surface area contributed by atoms with Crippen molar-refractivity contribution in [2.45, 2.75) is 20.0 Å². The van der Waals surface area contributed by atoms with Crippen LogP contribution in [0.3, 0.4) is 0 Å². The fraction of sp³-hybridized carbons (Fsp3) is 0.429. The van der Waals surface area contributed by atoms with Crippen LogP contribution in [0.2, 0.25) is 0 Å². The molecule has 5 N–H and O–H groups in total. The Labute approximate surface area is 262 Å². The third-order valence-corrected chi connectivity index (χ3v) is 5.30. The molecule has 0 saturated heterocycles. The first-order valence-electron chi connectivity index (χ1n) is 12.6.